The molecule has 0 saturated heterocycles. The fourth-order valence-electron chi connectivity index (χ4n) is 4.70. The van der Waals surface area contributed by atoms with Gasteiger partial charge in [0.1, 0.15) is 0 Å². The zero-order valence-corrected chi connectivity index (χ0v) is 19.9. The number of fused-ring (bicyclic) bond motifs is 1. The highest BCUT2D eigenvalue weighted by molar-refractivity contribution is 5.99. The molecule has 4 rings (SSSR count). The van der Waals surface area contributed by atoms with Crippen LogP contribution in [0.2, 0.25) is 0 Å². The van der Waals surface area contributed by atoms with Crippen molar-refractivity contribution < 1.29 is 28.5 Å². The molecule has 0 amide bonds. The average molecular weight is 464 g/mol. The van der Waals surface area contributed by atoms with Crippen LogP contribution in [0.1, 0.15) is 37.3 Å². The van der Waals surface area contributed by atoms with Gasteiger partial charge in [0.05, 0.1) is 31.3 Å². The van der Waals surface area contributed by atoms with Crippen LogP contribution >= 0.6 is 0 Å². The molecule has 7 heteroatoms. The standard InChI is InChI=1S/C27H29NO6/c1-17-23(26(29)31-3)25(20-12-13-21-22(15-20)34-16-33-21)24(27(30)32-4)18(2)28(17)14-8-11-19-9-6-5-7-10-19/h5-7,9-10,12-13,15,25H,8,11,14,16H2,1-4H3. The third kappa shape index (κ3) is 4.38. The number of esters is 2. The molecule has 2 heterocycles. The zero-order valence-electron chi connectivity index (χ0n) is 19.9. The lowest BCUT2D eigenvalue weighted by Crippen LogP contribution is -2.35. The Balaban J connectivity index is 1.75. The Morgan fingerprint density at radius 1 is 0.912 bits per heavy atom. The fourth-order valence-corrected chi connectivity index (χ4v) is 4.70. The number of hydrogen-bond acceptors (Lipinski definition) is 7. The number of nitrogens with zero attached hydrogens (tertiary/aromatic N) is 1. The van der Waals surface area contributed by atoms with Gasteiger partial charge in [0.2, 0.25) is 6.79 Å². The van der Waals surface area contributed by atoms with Gasteiger partial charge in [-0.15, -0.1) is 0 Å². The third-order valence-corrected chi connectivity index (χ3v) is 6.40. The van der Waals surface area contributed by atoms with Gasteiger partial charge >= 0.3 is 11.9 Å². The second kappa shape index (κ2) is 10.0. The minimum absolute atomic E-state index is 0.135. The Morgan fingerprint density at radius 2 is 1.53 bits per heavy atom. The molecule has 0 N–H and O–H groups in total. The largest absolute Gasteiger partial charge is 0.466 e. The molecule has 2 aliphatic rings. The summed E-state index contributed by atoms with van der Waals surface area (Å²) in [5.74, 6) is -0.418. The van der Waals surface area contributed by atoms with Crippen molar-refractivity contribution in [2.45, 2.75) is 32.6 Å². The normalized spacial score (nSPS) is 15.6. The maximum absolute atomic E-state index is 13.1. The molecular formula is C27H29NO6. The van der Waals surface area contributed by atoms with Gasteiger partial charge in [0.15, 0.2) is 11.5 Å². The van der Waals surface area contributed by atoms with Crippen molar-refractivity contribution in [2.75, 3.05) is 27.6 Å². The van der Waals surface area contributed by atoms with E-state index < -0.39 is 17.9 Å². The number of hydrogen-bond donors (Lipinski definition) is 0. The van der Waals surface area contributed by atoms with E-state index in [0.717, 1.165) is 29.8 Å². The first kappa shape index (κ1) is 23.4. The predicted octanol–water partition coefficient (Wildman–Crippen LogP) is 4.34. The molecule has 0 aliphatic carbocycles. The first-order chi connectivity index (χ1) is 16.5. The highest BCUT2D eigenvalue weighted by Crippen LogP contribution is 2.45. The summed E-state index contributed by atoms with van der Waals surface area (Å²) >= 11 is 0. The monoisotopic (exact) mass is 463 g/mol. The molecule has 0 bridgehead atoms. The molecule has 7 nitrogen and oxygen atoms in total. The van der Waals surface area contributed by atoms with E-state index in [-0.39, 0.29) is 6.79 Å². The van der Waals surface area contributed by atoms with Crippen LogP contribution < -0.4 is 9.47 Å². The molecule has 0 spiro atoms. The summed E-state index contributed by atoms with van der Waals surface area (Å²) in [6.45, 7) is 4.57. The molecule has 0 radical (unpaired) electrons. The molecule has 0 unspecified atom stereocenters. The Labute approximate surface area is 199 Å². The van der Waals surface area contributed by atoms with Gasteiger partial charge in [-0.1, -0.05) is 36.4 Å². The number of allylic oxidation sites excluding steroid dienone is 2. The van der Waals surface area contributed by atoms with Crippen molar-refractivity contribution in [3.05, 3.63) is 82.2 Å². The van der Waals surface area contributed by atoms with Crippen molar-refractivity contribution in [3.8, 4) is 11.5 Å². The highest BCUT2D eigenvalue weighted by Gasteiger charge is 2.40. The van der Waals surface area contributed by atoms with Crippen molar-refractivity contribution >= 4 is 11.9 Å². The summed E-state index contributed by atoms with van der Waals surface area (Å²) in [5, 5.41) is 0. The Bertz CT molecular complexity index is 1110. The number of rotatable bonds is 7. The minimum atomic E-state index is -0.653. The van der Waals surface area contributed by atoms with Gasteiger partial charge < -0.3 is 23.8 Å². The molecule has 0 atom stereocenters. The molecule has 34 heavy (non-hydrogen) atoms. The first-order valence-corrected chi connectivity index (χ1v) is 11.3. The topological polar surface area (TPSA) is 74.3 Å². The first-order valence-electron chi connectivity index (χ1n) is 11.3. The maximum atomic E-state index is 13.1. The second-order valence-electron chi connectivity index (χ2n) is 8.27. The molecular weight excluding hydrogens is 434 g/mol. The molecule has 2 aromatic carbocycles. The van der Waals surface area contributed by atoms with E-state index in [1.807, 2.05) is 49.1 Å². The number of carbonyl (C=O) groups excluding carboxylic acids is 2. The summed E-state index contributed by atoms with van der Waals surface area (Å²) in [7, 11) is 2.70. The third-order valence-electron chi connectivity index (χ3n) is 6.40. The number of ether oxygens (including phenoxy) is 4. The van der Waals surface area contributed by atoms with E-state index in [2.05, 4.69) is 12.1 Å². The summed E-state index contributed by atoms with van der Waals surface area (Å²) < 4.78 is 21.3. The van der Waals surface area contributed by atoms with Gasteiger partial charge in [-0.3, -0.25) is 0 Å². The average Bonchev–Trinajstić information content (AvgIpc) is 3.33. The lowest BCUT2D eigenvalue weighted by molar-refractivity contribution is -0.137. The van der Waals surface area contributed by atoms with E-state index >= 15 is 0 Å². The smallest absolute Gasteiger partial charge is 0.336 e. The van der Waals surface area contributed by atoms with Crippen molar-refractivity contribution in [3.63, 3.8) is 0 Å². The zero-order chi connectivity index (χ0) is 24.2. The Morgan fingerprint density at radius 3 is 2.15 bits per heavy atom. The van der Waals surface area contributed by atoms with Crippen molar-refractivity contribution in [1.82, 2.24) is 4.90 Å². The van der Waals surface area contributed by atoms with E-state index in [9.17, 15) is 9.59 Å². The van der Waals surface area contributed by atoms with Gasteiger partial charge in [0.25, 0.3) is 0 Å². The highest BCUT2D eigenvalue weighted by atomic mass is 16.7. The van der Waals surface area contributed by atoms with Gasteiger partial charge in [-0.05, 0) is 49.9 Å². The molecule has 0 saturated carbocycles. The molecule has 0 aromatic heterocycles. The minimum Gasteiger partial charge on any atom is -0.466 e. The van der Waals surface area contributed by atoms with Crippen LogP contribution in [0.4, 0.5) is 0 Å². The van der Waals surface area contributed by atoms with E-state index in [1.165, 1.54) is 19.8 Å². The van der Waals surface area contributed by atoms with Crippen LogP contribution in [-0.4, -0.2) is 44.4 Å². The Hall–Kier alpha value is -3.74. The maximum Gasteiger partial charge on any atom is 0.336 e. The van der Waals surface area contributed by atoms with Crippen LogP contribution in [-0.2, 0) is 25.5 Å². The van der Waals surface area contributed by atoms with E-state index in [1.54, 1.807) is 6.07 Å². The summed E-state index contributed by atoms with van der Waals surface area (Å²) in [4.78, 5) is 28.1. The summed E-state index contributed by atoms with van der Waals surface area (Å²) in [6.07, 6.45) is 1.72. The number of aryl methyl sites for hydroxylation is 1. The lowest BCUT2D eigenvalue weighted by Gasteiger charge is -2.37. The van der Waals surface area contributed by atoms with E-state index in [0.29, 0.717) is 29.2 Å². The van der Waals surface area contributed by atoms with Crippen molar-refractivity contribution in [1.29, 1.82) is 0 Å². The van der Waals surface area contributed by atoms with Crippen LogP contribution in [0, 0.1) is 0 Å². The quantitative estimate of drug-likeness (QED) is 0.566. The molecule has 2 aliphatic heterocycles. The summed E-state index contributed by atoms with van der Waals surface area (Å²) in [5.41, 5.74) is 4.30. The molecule has 2 aromatic rings. The molecule has 178 valence electrons. The van der Waals surface area contributed by atoms with E-state index in [4.69, 9.17) is 18.9 Å². The second-order valence-corrected chi connectivity index (χ2v) is 8.27. The van der Waals surface area contributed by atoms with Crippen LogP contribution in [0.3, 0.4) is 0 Å². The number of methoxy groups -OCH3 is 2. The van der Waals surface area contributed by atoms with Crippen LogP contribution in [0.15, 0.2) is 71.1 Å². The lowest BCUT2D eigenvalue weighted by atomic mass is 9.79. The molecule has 0 fully saturated rings. The van der Waals surface area contributed by atoms with Gasteiger partial charge in [0, 0.05) is 17.9 Å². The number of benzene rings is 2. The Kier molecular flexibility index (Phi) is 6.91. The SMILES string of the molecule is COC(=O)C1=C(C)N(CCCc2ccccc2)C(C)=C(C(=O)OC)C1c1ccc2c(c1)OCO2. The van der Waals surface area contributed by atoms with Crippen molar-refractivity contribution in [2.24, 2.45) is 0 Å². The predicted molar refractivity (Wildman–Crippen MR) is 126 cm³/mol. The fraction of sp³-hybridized carbons (Fsp3) is 0.333. The van der Waals surface area contributed by atoms with Crippen LogP contribution in [0.25, 0.3) is 0 Å². The summed E-state index contributed by atoms with van der Waals surface area (Å²) in [6, 6.07) is 15.7. The number of carbonyl (C=O) groups is 2. The van der Waals surface area contributed by atoms with Gasteiger partial charge in [-0.2, -0.15) is 0 Å². The van der Waals surface area contributed by atoms with Crippen LogP contribution in [0.5, 0.6) is 11.5 Å². The van der Waals surface area contributed by atoms with Gasteiger partial charge in [-0.25, -0.2) is 9.59 Å².